The van der Waals surface area contributed by atoms with Crippen LogP contribution in [0.15, 0.2) is 12.3 Å². The van der Waals surface area contributed by atoms with E-state index in [-0.39, 0.29) is 5.97 Å². The van der Waals surface area contributed by atoms with Crippen molar-refractivity contribution in [3.8, 4) is 0 Å². The third kappa shape index (κ3) is 2.97. The Morgan fingerprint density at radius 3 is 2.84 bits per heavy atom. The second kappa shape index (κ2) is 5.91. The lowest BCUT2D eigenvalue weighted by atomic mass is 10.1. The van der Waals surface area contributed by atoms with Crippen LogP contribution < -0.4 is 10.6 Å². The maximum Gasteiger partial charge on any atom is 0.341 e. The lowest BCUT2D eigenvalue weighted by Crippen LogP contribution is -2.31. The van der Waals surface area contributed by atoms with E-state index in [1.54, 1.807) is 19.2 Å². The van der Waals surface area contributed by atoms with E-state index in [1.165, 1.54) is 12.8 Å². The molecule has 0 spiro atoms. The zero-order valence-electron chi connectivity index (χ0n) is 11.6. The average molecular weight is 263 g/mol. The molecule has 0 unspecified atom stereocenters. The van der Waals surface area contributed by atoms with Gasteiger partial charge in [0.05, 0.1) is 18.5 Å². The summed E-state index contributed by atoms with van der Waals surface area (Å²) < 4.78 is 5.08. The minimum absolute atomic E-state index is 0.347. The number of rotatable bonds is 4. The highest BCUT2D eigenvalue weighted by Gasteiger charge is 2.25. The van der Waals surface area contributed by atoms with E-state index in [0.717, 1.165) is 12.8 Å². The largest absolute Gasteiger partial charge is 0.462 e. The first-order valence-electron chi connectivity index (χ1n) is 6.79. The smallest absolute Gasteiger partial charge is 0.341 e. The van der Waals surface area contributed by atoms with Crippen LogP contribution in [0.2, 0.25) is 0 Å². The maximum atomic E-state index is 12.0. The summed E-state index contributed by atoms with van der Waals surface area (Å²) in [5.74, 6) is 0.307. The Hall–Kier alpha value is -1.78. The normalized spacial score (nSPS) is 15.5. The number of aromatic nitrogens is 1. The van der Waals surface area contributed by atoms with Crippen molar-refractivity contribution in [1.29, 1.82) is 0 Å². The SMILES string of the molecule is CCOC(=O)c1cc(N)cnc1N(C)C1CCCC1. The first kappa shape index (κ1) is 13.6. The number of esters is 1. The Kier molecular flexibility index (Phi) is 4.24. The van der Waals surface area contributed by atoms with Gasteiger partial charge in [0.25, 0.3) is 0 Å². The second-order valence-electron chi connectivity index (χ2n) is 4.91. The van der Waals surface area contributed by atoms with Crippen LogP contribution in [0, 0.1) is 0 Å². The van der Waals surface area contributed by atoms with Crippen LogP contribution in [0.5, 0.6) is 0 Å². The monoisotopic (exact) mass is 263 g/mol. The Morgan fingerprint density at radius 1 is 1.53 bits per heavy atom. The van der Waals surface area contributed by atoms with Crippen molar-refractivity contribution in [3.05, 3.63) is 17.8 Å². The maximum absolute atomic E-state index is 12.0. The molecule has 1 aromatic rings. The summed E-state index contributed by atoms with van der Waals surface area (Å²) >= 11 is 0. The van der Waals surface area contributed by atoms with E-state index < -0.39 is 0 Å². The number of hydrogen-bond acceptors (Lipinski definition) is 5. The van der Waals surface area contributed by atoms with E-state index in [9.17, 15) is 4.79 Å². The van der Waals surface area contributed by atoms with E-state index in [0.29, 0.717) is 29.7 Å². The zero-order chi connectivity index (χ0) is 13.8. The summed E-state index contributed by atoms with van der Waals surface area (Å²) in [6, 6.07) is 2.09. The molecule has 5 heteroatoms. The first-order valence-corrected chi connectivity index (χ1v) is 6.79. The molecule has 0 saturated heterocycles. The fourth-order valence-corrected chi connectivity index (χ4v) is 2.58. The van der Waals surface area contributed by atoms with Crippen LogP contribution in [-0.2, 0) is 4.74 Å². The molecule has 0 bridgehead atoms. The molecule has 0 aromatic carbocycles. The van der Waals surface area contributed by atoms with E-state index in [1.807, 2.05) is 7.05 Å². The minimum Gasteiger partial charge on any atom is -0.462 e. The van der Waals surface area contributed by atoms with Gasteiger partial charge in [0.15, 0.2) is 0 Å². The van der Waals surface area contributed by atoms with Crippen LogP contribution in [0.1, 0.15) is 43.0 Å². The van der Waals surface area contributed by atoms with Gasteiger partial charge in [0.2, 0.25) is 0 Å². The van der Waals surface area contributed by atoms with Crippen molar-refractivity contribution >= 4 is 17.5 Å². The zero-order valence-corrected chi connectivity index (χ0v) is 11.6. The van der Waals surface area contributed by atoms with Gasteiger partial charge in [-0.1, -0.05) is 12.8 Å². The Bertz CT molecular complexity index is 456. The summed E-state index contributed by atoms with van der Waals surface area (Å²) in [7, 11) is 1.98. The van der Waals surface area contributed by atoms with Gasteiger partial charge in [-0.05, 0) is 25.8 Å². The number of pyridine rings is 1. The molecule has 0 radical (unpaired) electrons. The predicted molar refractivity (Wildman–Crippen MR) is 75.3 cm³/mol. The average Bonchev–Trinajstić information content (AvgIpc) is 2.92. The lowest BCUT2D eigenvalue weighted by molar-refractivity contribution is 0.0526. The molecule has 1 heterocycles. The molecule has 2 N–H and O–H groups in total. The van der Waals surface area contributed by atoms with Crippen molar-refractivity contribution in [3.63, 3.8) is 0 Å². The molecule has 1 saturated carbocycles. The molecular weight excluding hydrogens is 242 g/mol. The number of carbonyl (C=O) groups is 1. The summed E-state index contributed by atoms with van der Waals surface area (Å²) in [5.41, 5.74) is 6.66. The number of carbonyl (C=O) groups excluding carboxylic acids is 1. The standard InChI is InChI=1S/C14H21N3O2/c1-3-19-14(18)12-8-10(15)9-16-13(12)17(2)11-6-4-5-7-11/h8-9,11H,3-7,15H2,1-2H3. The highest BCUT2D eigenvalue weighted by Crippen LogP contribution is 2.28. The highest BCUT2D eigenvalue weighted by atomic mass is 16.5. The fourth-order valence-electron chi connectivity index (χ4n) is 2.58. The number of anilines is 2. The van der Waals surface area contributed by atoms with Crippen molar-refractivity contribution < 1.29 is 9.53 Å². The molecular formula is C14H21N3O2. The highest BCUT2D eigenvalue weighted by molar-refractivity contribution is 5.95. The summed E-state index contributed by atoms with van der Waals surface area (Å²) in [6.07, 6.45) is 6.34. The van der Waals surface area contributed by atoms with Gasteiger partial charge in [-0.2, -0.15) is 0 Å². The molecule has 0 amide bonds. The van der Waals surface area contributed by atoms with Gasteiger partial charge in [0.1, 0.15) is 11.4 Å². The van der Waals surface area contributed by atoms with Gasteiger partial charge in [0, 0.05) is 13.1 Å². The molecule has 104 valence electrons. The van der Waals surface area contributed by atoms with Crippen molar-refractivity contribution in [2.24, 2.45) is 0 Å². The molecule has 1 aliphatic carbocycles. The number of nitrogens with zero attached hydrogens (tertiary/aromatic N) is 2. The van der Waals surface area contributed by atoms with E-state index in [4.69, 9.17) is 10.5 Å². The van der Waals surface area contributed by atoms with Crippen molar-refractivity contribution in [2.75, 3.05) is 24.3 Å². The lowest BCUT2D eigenvalue weighted by Gasteiger charge is -2.27. The van der Waals surface area contributed by atoms with Gasteiger partial charge in [-0.25, -0.2) is 9.78 Å². The summed E-state index contributed by atoms with van der Waals surface area (Å²) in [5, 5.41) is 0. The number of hydrogen-bond donors (Lipinski definition) is 1. The minimum atomic E-state index is -0.359. The van der Waals surface area contributed by atoms with Gasteiger partial charge >= 0.3 is 5.97 Å². The number of nitrogen functional groups attached to an aromatic ring is 1. The van der Waals surface area contributed by atoms with Crippen LogP contribution >= 0.6 is 0 Å². The van der Waals surface area contributed by atoms with E-state index in [2.05, 4.69) is 9.88 Å². The molecule has 1 aliphatic rings. The predicted octanol–water partition coefficient (Wildman–Crippen LogP) is 2.22. The first-order chi connectivity index (χ1) is 9.13. The topological polar surface area (TPSA) is 68.5 Å². The van der Waals surface area contributed by atoms with Gasteiger partial charge in [-0.15, -0.1) is 0 Å². The Labute approximate surface area is 113 Å². The molecule has 5 nitrogen and oxygen atoms in total. The molecule has 2 rings (SSSR count). The Balaban J connectivity index is 2.30. The molecule has 0 atom stereocenters. The third-order valence-corrected chi connectivity index (χ3v) is 3.59. The van der Waals surface area contributed by atoms with Gasteiger partial charge < -0.3 is 15.4 Å². The molecule has 1 aromatic heterocycles. The van der Waals surface area contributed by atoms with Crippen LogP contribution in [0.4, 0.5) is 11.5 Å². The Morgan fingerprint density at radius 2 is 2.21 bits per heavy atom. The summed E-state index contributed by atoms with van der Waals surface area (Å²) in [6.45, 7) is 2.14. The van der Waals surface area contributed by atoms with Crippen molar-refractivity contribution in [2.45, 2.75) is 38.6 Å². The van der Waals surface area contributed by atoms with Gasteiger partial charge in [-0.3, -0.25) is 0 Å². The number of nitrogens with two attached hydrogens (primary N) is 1. The molecule has 1 fully saturated rings. The summed E-state index contributed by atoms with van der Waals surface area (Å²) in [4.78, 5) is 18.4. The van der Waals surface area contributed by atoms with Crippen LogP contribution in [0.25, 0.3) is 0 Å². The second-order valence-corrected chi connectivity index (χ2v) is 4.91. The van der Waals surface area contributed by atoms with E-state index >= 15 is 0 Å². The van der Waals surface area contributed by atoms with Crippen LogP contribution in [0.3, 0.4) is 0 Å². The quantitative estimate of drug-likeness (QED) is 0.844. The molecule has 19 heavy (non-hydrogen) atoms. The third-order valence-electron chi connectivity index (χ3n) is 3.59. The fraction of sp³-hybridized carbons (Fsp3) is 0.571. The molecule has 0 aliphatic heterocycles. The van der Waals surface area contributed by atoms with Crippen molar-refractivity contribution in [1.82, 2.24) is 4.98 Å². The number of ether oxygens (including phenoxy) is 1. The van der Waals surface area contributed by atoms with Crippen LogP contribution in [-0.4, -0.2) is 30.6 Å².